The SMILES string of the molecule is NN=C(c1ccc(O)cc1O)c1nc2nonc2nc1Nc1ccccc1. The predicted octanol–water partition coefficient (Wildman–Crippen LogP) is 1.88. The van der Waals surface area contributed by atoms with E-state index in [9.17, 15) is 10.2 Å². The number of nitrogens with zero attached hydrogens (tertiary/aromatic N) is 5. The number of para-hydroxylation sites is 1. The molecule has 4 aromatic rings. The van der Waals surface area contributed by atoms with Crippen molar-refractivity contribution >= 4 is 28.5 Å². The van der Waals surface area contributed by atoms with E-state index in [1.165, 1.54) is 18.2 Å². The van der Waals surface area contributed by atoms with E-state index in [1.807, 2.05) is 30.3 Å². The number of hydrogen-bond donors (Lipinski definition) is 4. The molecule has 0 spiro atoms. The third-order valence-corrected chi connectivity index (χ3v) is 3.74. The summed E-state index contributed by atoms with van der Waals surface area (Å²) < 4.78 is 4.68. The maximum atomic E-state index is 10.2. The van der Waals surface area contributed by atoms with Crippen LogP contribution in [-0.4, -0.2) is 36.2 Å². The fourth-order valence-electron chi connectivity index (χ4n) is 2.53. The molecule has 27 heavy (non-hydrogen) atoms. The quantitative estimate of drug-likeness (QED) is 0.241. The molecule has 4 rings (SSSR count). The fourth-order valence-corrected chi connectivity index (χ4v) is 2.53. The van der Waals surface area contributed by atoms with E-state index in [1.54, 1.807) is 0 Å². The van der Waals surface area contributed by atoms with Gasteiger partial charge in [-0.1, -0.05) is 18.2 Å². The van der Waals surface area contributed by atoms with Crippen molar-refractivity contribution in [3.05, 3.63) is 59.8 Å². The Morgan fingerprint density at radius 3 is 2.44 bits per heavy atom. The second kappa shape index (κ2) is 6.59. The first-order chi connectivity index (χ1) is 13.2. The number of anilines is 2. The number of phenols is 2. The Morgan fingerprint density at radius 2 is 1.74 bits per heavy atom. The lowest BCUT2D eigenvalue weighted by Gasteiger charge is -2.12. The van der Waals surface area contributed by atoms with Gasteiger partial charge < -0.3 is 21.4 Å². The molecule has 5 N–H and O–H groups in total. The third-order valence-electron chi connectivity index (χ3n) is 3.74. The van der Waals surface area contributed by atoms with Crippen LogP contribution in [0.15, 0.2) is 58.3 Å². The number of phenolic OH excluding ortho intramolecular Hbond substituents is 2. The first-order valence-electron chi connectivity index (χ1n) is 7.78. The summed E-state index contributed by atoms with van der Waals surface area (Å²) in [6.45, 7) is 0. The van der Waals surface area contributed by atoms with Crippen molar-refractivity contribution in [2.45, 2.75) is 0 Å². The van der Waals surface area contributed by atoms with E-state index in [-0.39, 0.29) is 39.8 Å². The second-order valence-corrected chi connectivity index (χ2v) is 5.50. The van der Waals surface area contributed by atoms with Crippen LogP contribution in [0, 0.1) is 0 Å². The Balaban J connectivity index is 1.89. The Hall–Kier alpha value is -4.21. The maximum absolute atomic E-state index is 10.2. The molecule has 0 bridgehead atoms. The zero-order valence-corrected chi connectivity index (χ0v) is 13.7. The zero-order valence-electron chi connectivity index (χ0n) is 13.7. The van der Waals surface area contributed by atoms with Gasteiger partial charge in [0.1, 0.15) is 22.9 Å². The number of nitrogens with one attached hydrogen (secondary N) is 1. The van der Waals surface area contributed by atoms with Gasteiger partial charge in [-0.05, 0) is 34.6 Å². The van der Waals surface area contributed by atoms with Crippen LogP contribution >= 0.6 is 0 Å². The zero-order chi connectivity index (χ0) is 18.8. The van der Waals surface area contributed by atoms with E-state index in [0.717, 1.165) is 5.69 Å². The Labute approximate surface area is 152 Å². The number of rotatable bonds is 4. The average Bonchev–Trinajstić information content (AvgIpc) is 3.12. The molecule has 0 radical (unpaired) electrons. The lowest BCUT2D eigenvalue weighted by Crippen LogP contribution is -2.13. The van der Waals surface area contributed by atoms with Crippen LogP contribution in [0.1, 0.15) is 11.3 Å². The van der Waals surface area contributed by atoms with Gasteiger partial charge in [-0.2, -0.15) is 5.10 Å². The summed E-state index contributed by atoms with van der Waals surface area (Å²) in [6, 6.07) is 13.3. The van der Waals surface area contributed by atoms with Crippen LogP contribution in [-0.2, 0) is 0 Å². The average molecular weight is 363 g/mol. The molecular formula is C17H13N7O3. The topological polar surface area (TPSA) is 156 Å². The van der Waals surface area contributed by atoms with Crippen molar-refractivity contribution in [2.75, 3.05) is 5.32 Å². The highest BCUT2D eigenvalue weighted by Gasteiger charge is 2.21. The van der Waals surface area contributed by atoms with E-state index in [0.29, 0.717) is 5.82 Å². The van der Waals surface area contributed by atoms with Crippen molar-refractivity contribution in [2.24, 2.45) is 10.9 Å². The molecule has 0 aliphatic rings. The minimum atomic E-state index is -0.218. The monoisotopic (exact) mass is 363 g/mol. The molecule has 2 aromatic heterocycles. The molecule has 0 fully saturated rings. The highest BCUT2D eigenvalue weighted by molar-refractivity contribution is 6.16. The fraction of sp³-hybridized carbons (Fsp3) is 0. The summed E-state index contributed by atoms with van der Waals surface area (Å²) in [7, 11) is 0. The molecule has 0 saturated heterocycles. The number of benzene rings is 2. The van der Waals surface area contributed by atoms with E-state index in [4.69, 9.17) is 5.84 Å². The summed E-state index contributed by atoms with van der Waals surface area (Å²) in [4.78, 5) is 8.73. The van der Waals surface area contributed by atoms with Gasteiger partial charge in [0.2, 0.25) is 11.3 Å². The van der Waals surface area contributed by atoms with E-state index in [2.05, 4.69) is 35.3 Å². The lowest BCUT2D eigenvalue weighted by molar-refractivity contribution is 0.314. The van der Waals surface area contributed by atoms with E-state index < -0.39 is 0 Å². The van der Waals surface area contributed by atoms with Crippen LogP contribution in [0.3, 0.4) is 0 Å². The molecule has 0 aliphatic carbocycles. The summed E-state index contributed by atoms with van der Waals surface area (Å²) in [5.74, 6) is 5.56. The van der Waals surface area contributed by atoms with Gasteiger partial charge in [-0.15, -0.1) is 0 Å². The molecule has 0 saturated carbocycles. The Kier molecular flexibility index (Phi) is 3.97. The highest BCUT2D eigenvalue weighted by atomic mass is 16.6. The van der Waals surface area contributed by atoms with Crippen LogP contribution < -0.4 is 11.2 Å². The first-order valence-corrected chi connectivity index (χ1v) is 7.78. The van der Waals surface area contributed by atoms with Gasteiger partial charge in [-0.3, -0.25) is 0 Å². The van der Waals surface area contributed by atoms with E-state index >= 15 is 0 Å². The summed E-state index contributed by atoms with van der Waals surface area (Å²) in [5, 5.41) is 34.0. The van der Waals surface area contributed by atoms with Crippen molar-refractivity contribution in [1.29, 1.82) is 0 Å². The predicted molar refractivity (Wildman–Crippen MR) is 96.7 cm³/mol. The van der Waals surface area contributed by atoms with Crippen molar-refractivity contribution in [3.63, 3.8) is 0 Å². The number of fused-ring (bicyclic) bond motifs is 1. The van der Waals surface area contributed by atoms with Crippen molar-refractivity contribution in [3.8, 4) is 11.5 Å². The van der Waals surface area contributed by atoms with Gasteiger partial charge in [0.05, 0.1) is 0 Å². The smallest absolute Gasteiger partial charge is 0.245 e. The molecule has 2 heterocycles. The second-order valence-electron chi connectivity index (χ2n) is 5.50. The summed E-state index contributed by atoms with van der Waals surface area (Å²) >= 11 is 0. The molecular weight excluding hydrogens is 350 g/mol. The number of hydrogen-bond acceptors (Lipinski definition) is 10. The molecule has 0 amide bonds. The standard InChI is InChI=1S/C17H13N7O3/c18-22-13(11-7-6-10(25)8-12(11)26)14-15(19-9-4-2-1-3-5-9)21-17-16(20-14)23-27-24-17/h1-8,25-26H,18H2,(H,19,21,24). The van der Waals surface area contributed by atoms with Gasteiger partial charge in [0.25, 0.3) is 0 Å². The van der Waals surface area contributed by atoms with Gasteiger partial charge >= 0.3 is 0 Å². The number of nitrogens with two attached hydrogens (primary N) is 1. The van der Waals surface area contributed by atoms with Crippen LogP contribution in [0.5, 0.6) is 11.5 Å². The molecule has 0 atom stereocenters. The Bertz CT molecular complexity index is 1140. The lowest BCUT2D eigenvalue weighted by atomic mass is 10.1. The number of hydrazone groups is 1. The minimum absolute atomic E-state index is 0.0995. The third kappa shape index (κ3) is 3.06. The maximum Gasteiger partial charge on any atom is 0.245 e. The Morgan fingerprint density at radius 1 is 1.00 bits per heavy atom. The normalized spacial score (nSPS) is 11.6. The highest BCUT2D eigenvalue weighted by Crippen LogP contribution is 2.28. The van der Waals surface area contributed by atoms with Gasteiger partial charge in [0.15, 0.2) is 5.82 Å². The van der Waals surface area contributed by atoms with Crippen LogP contribution in [0.25, 0.3) is 11.3 Å². The molecule has 0 unspecified atom stereocenters. The van der Waals surface area contributed by atoms with Crippen molar-refractivity contribution < 1.29 is 14.8 Å². The number of aromatic nitrogens is 4. The molecule has 134 valence electrons. The van der Waals surface area contributed by atoms with Gasteiger partial charge in [0, 0.05) is 17.3 Å². The van der Waals surface area contributed by atoms with Crippen LogP contribution in [0.4, 0.5) is 11.5 Å². The summed E-state index contributed by atoms with van der Waals surface area (Å²) in [5.41, 5.74) is 1.73. The van der Waals surface area contributed by atoms with Crippen molar-refractivity contribution in [1.82, 2.24) is 20.3 Å². The minimum Gasteiger partial charge on any atom is -0.508 e. The first kappa shape index (κ1) is 16.3. The molecule has 2 aromatic carbocycles. The molecule has 10 nitrogen and oxygen atoms in total. The van der Waals surface area contributed by atoms with Gasteiger partial charge in [-0.25, -0.2) is 14.6 Å². The largest absolute Gasteiger partial charge is 0.508 e. The number of aromatic hydroxyl groups is 2. The molecule has 10 heteroatoms. The van der Waals surface area contributed by atoms with Crippen LogP contribution in [0.2, 0.25) is 0 Å². The summed E-state index contributed by atoms with van der Waals surface area (Å²) in [6.07, 6.45) is 0. The molecule has 0 aliphatic heterocycles.